The topological polar surface area (TPSA) is 123 Å². The smallest absolute Gasteiger partial charge is 0.411 e. The number of benzene rings is 2. The molecule has 162 valence electrons. The summed E-state index contributed by atoms with van der Waals surface area (Å²) in [5.41, 5.74) is 0.590. The van der Waals surface area contributed by atoms with Crippen molar-refractivity contribution in [3.8, 4) is 11.5 Å². The second kappa shape index (κ2) is 9.94. The highest BCUT2D eigenvalue weighted by molar-refractivity contribution is 7.89. The molecule has 0 heterocycles. The van der Waals surface area contributed by atoms with Crippen LogP contribution in [-0.4, -0.2) is 59.6 Å². The molecule has 2 amide bonds. The van der Waals surface area contributed by atoms with E-state index in [1.54, 1.807) is 24.3 Å². The molecule has 2 rings (SSSR count). The highest BCUT2D eigenvalue weighted by Crippen LogP contribution is 2.29. The van der Waals surface area contributed by atoms with Gasteiger partial charge in [-0.25, -0.2) is 17.5 Å². The molecule has 0 aliphatic heterocycles. The Morgan fingerprint density at radius 2 is 1.70 bits per heavy atom. The second-order valence-corrected chi connectivity index (χ2v) is 8.22. The number of nitrogens with one attached hydrogen (secondary N) is 2. The first-order valence-electron chi connectivity index (χ1n) is 8.66. The zero-order valence-corrected chi connectivity index (χ0v) is 17.8. The average molecular weight is 437 g/mol. The van der Waals surface area contributed by atoms with Gasteiger partial charge in [0.25, 0.3) is 5.91 Å². The molecular formula is C19H23N3O7S. The third-order valence-electron chi connectivity index (χ3n) is 3.87. The van der Waals surface area contributed by atoms with E-state index in [1.807, 2.05) is 0 Å². The van der Waals surface area contributed by atoms with E-state index in [0.29, 0.717) is 5.69 Å². The lowest BCUT2D eigenvalue weighted by Crippen LogP contribution is -2.24. The maximum atomic E-state index is 12.5. The predicted molar refractivity (Wildman–Crippen MR) is 110 cm³/mol. The third kappa shape index (κ3) is 5.61. The summed E-state index contributed by atoms with van der Waals surface area (Å²) in [6.07, 6.45) is -0.677. The summed E-state index contributed by atoms with van der Waals surface area (Å²) in [5.74, 6) is -0.106. The lowest BCUT2D eigenvalue weighted by molar-refractivity contribution is -0.118. The van der Waals surface area contributed by atoms with Crippen molar-refractivity contribution in [1.29, 1.82) is 0 Å². The van der Waals surface area contributed by atoms with Crippen molar-refractivity contribution in [2.75, 3.05) is 45.6 Å². The van der Waals surface area contributed by atoms with Gasteiger partial charge in [-0.2, -0.15) is 0 Å². The molecule has 0 aliphatic rings. The molecule has 2 aromatic carbocycles. The lowest BCUT2D eigenvalue weighted by atomic mass is 10.3. The fourth-order valence-corrected chi connectivity index (χ4v) is 3.42. The SMILES string of the molecule is COC(=O)Nc1ccccc1OCC(=O)Nc1ccc(OC)c(S(=O)(=O)N(C)C)c1. The molecule has 0 saturated heterocycles. The van der Waals surface area contributed by atoms with Crippen molar-refractivity contribution >= 4 is 33.4 Å². The molecule has 2 N–H and O–H groups in total. The lowest BCUT2D eigenvalue weighted by Gasteiger charge is -2.16. The van der Waals surface area contributed by atoms with E-state index in [4.69, 9.17) is 9.47 Å². The van der Waals surface area contributed by atoms with Gasteiger partial charge in [-0.3, -0.25) is 10.1 Å². The summed E-state index contributed by atoms with van der Waals surface area (Å²) in [4.78, 5) is 23.6. The second-order valence-electron chi connectivity index (χ2n) is 6.10. The van der Waals surface area contributed by atoms with E-state index in [-0.39, 0.29) is 28.7 Å². The van der Waals surface area contributed by atoms with Gasteiger partial charge in [0.1, 0.15) is 16.4 Å². The Morgan fingerprint density at radius 1 is 1.00 bits per heavy atom. The number of amides is 2. The van der Waals surface area contributed by atoms with Gasteiger partial charge >= 0.3 is 6.09 Å². The Kier molecular flexibility index (Phi) is 7.61. The standard InChI is InChI=1S/C19H23N3O7S/c1-22(2)30(25,26)17-11-13(9-10-16(17)27-3)20-18(23)12-29-15-8-6-5-7-14(15)21-19(24)28-4/h5-11H,12H2,1-4H3,(H,20,23)(H,21,24). The number of sulfonamides is 1. The van der Waals surface area contributed by atoms with Crippen LogP contribution < -0.4 is 20.1 Å². The predicted octanol–water partition coefficient (Wildman–Crippen LogP) is 2.14. The fourth-order valence-electron chi connectivity index (χ4n) is 2.35. The summed E-state index contributed by atoms with van der Waals surface area (Å²) in [5, 5.41) is 5.05. The number of carbonyl (C=O) groups is 2. The van der Waals surface area contributed by atoms with Crippen LogP contribution >= 0.6 is 0 Å². The van der Waals surface area contributed by atoms with Gasteiger partial charge in [0.15, 0.2) is 6.61 Å². The highest BCUT2D eigenvalue weighted by Gasteiger charge is 2.23. The van der Waals surface area contributed by atoms with Crippen LogP contribution in [0.15, 0.2) is 47.4 Å². The number of hydrogen-bond donors (Lipinski definition) is 2. The minimum absolute atomic E-state index is 0.0821. The van der Waals surface area contributed by atoms with Crippen molar-refractivity contribution in [1.82, 2.24) is 4.31 Å². The van der Waals surface area contributed by atoms with Crippen LogP contribution in [0.4, 0.5) is 16.2 Å². The molecule has 30 heavy (non-hydrogen) atoms. The van der Waals surface area contributed by atoms with Gasteiger partial charge in [-0.05, 0) is 30.3 Å². The maximum absolute atomic E-state index is 12.5. The normalized spacial score (nSPS) is 11.0. The van der Waals surface area contributed by atoms with E-state index in [0.717, 1.165) is 4.31 Å². The van der Waals surface area contributed by atoms with Crippen LogP contribution in [0.2, 0.25) is 0 Å². The van der Waals surface area contributed by atoms with Crippen molar-refractivity contribution < 1.29 is 32.2 Å². The van der Waals surface area contributed by atoms with Crippen molar-refractivity contribution in [2.45, 2.75) is 4.90 Å². The molecule has 0 atom stereocenters. The number of methoxy groups -OCH3 is 2. The first-order chi connectivity index (χ1) is 14.2. The van der Waals surface area contributed by atoms with Gasteiger partial charge < -0.3 is 19.5 Å². The molecule has 0 fully saturated rings. The zero-order chi connectivity index (χ0) is 22.3. The summed E-state index contributed by atoms with van der Waals surface area (Å²) < 4.78 is 41.1. The third-order valence-corrected chi connectivity index (χ3v) is 5.71. The number of hydrogen-bond acceptors (Lipinski definition) is 7. The van der Waals surface area contributed by atoms with E-state index < -0.39 is 22.0 Å². The molecule has 10 nitrogen and oxygen atoms in total. The van der Waals surface area contributed by atoms with Crippen molar-refractivity contribution in [3.05, 3.63) is 42.5 Å². The van der Waals surface area contributed by atoms with Crippen LogP contribution in [0.3, 0.4) is 0 Å². The van der Waals surface area contributed by atoms with Gasteiger partial charge in [-0.1, -0.05) is 12.1 Å². The Labute approximate surface area is 174 Å². The monoisotopic (exact) mass is 437 g/mol. The summed E-state index contributed by atoms with van der Waals surface area (Å²) in [7, 11) is 1.60. The number of rotatable bonds is 8. The summed E-state index contributed by atoms with van der Waals surface area (Å²) in [6.45, 7) is -0.373. The molecule has 0 aliphatic carbocycles. The Bertz CT molecular complexity index is 1020. The molecule has 0 spiro atoms. The van der Waals surface area contributed by atoms with Gasteiger partial charge in [-0.15, -0.1) is 0 Å². The van der Waals surface area contributed by atoms with Crippen molar-refractivity contribution in [2.24, 2.45) is 0 Å². The first-order valence-corrected chi connectivity index (χ1v) is 10.1. The first kappa shape index (κ1) is 23.0. The van der Waals surface area contributed by atoms with Gasteiger partial charge in [0, 0.05) is 19.8 Å². The molecule has 0 bridgehead atoms. The van der Waals surface area contributed by atoms with E-state index in [1.165, 1.54) is 46.5 Å². The molecule has 2 aromatic rings. The molecule has 0 saturated carbocycles. The van der Waals surface area contributed by atoms with E-state index in [2.05, 4.69) is 15.4 Å². The Hall–Kier alpha value is -3.31. The van der Waals surface area contributed by atoms with Gasteiger partial charge in [0.2, 0.25) is 10.0 Å². The molecule has 0 aromatic heterocycles. The summed E-state index contributed by atoms with van der Waals surface area (Å²) in [6, 6.07) is 10.8. The average Bonchev–Trinajstić information content (AvgIpc) is 2.72. The molecule has 0 unspecified atom stereocenters. The fraction of sp³-hybridized carbons (Fsp3) is 0.263. The number of ether oxygens (including phenoxy) is 3. The van der Waals surface area contributed by atoms with Crippen molar-refractivity contribution in [3.63, 3.8) is 0 Å². The van der Waals surface area contributed by atoms with Crippen LogP contribution in [-0.2, 0) is 19.6 Å². The largest absolute Gasteiger partial charge is 0.495 e. The zero-order valence-electron chi connectivity index (χ0n) is 17.0. The quantitative estimate of drug-likeness (QED) is 0.648. The van der Waals surface area contributed by atoms with Crippen LogP contribution in [0.25, 0.3) is 0 Å². The number of nitrogens with zero attached hydrogens (tertiary/aromatic N) is 1. The molecular weight excluding hydrogens is 414 g/mol. The van der Waals surface area contributed by atoms with Crippen LogP contribution in [0.1, 0.15) is 0 Å². The van der Waals surface area contributed by atoms with Crippen LogP contribution in [0.5, 0.6) is 11.5 Å². The van der Waals surface area contributed by atoms with E-state index in [9.17, 15) is 18.0 Å². The van der Waals surface area contributed by atoms with Gasteiger partial charge in [0.05, 0.1) is 19.9 Å². The molecule has 11 heteroatoms. The molecule has 0 radical (unpaired) electrons. The Morgan fingerprint density at radius 3 is 2.33 bits per heavy atom. The summed E-state index contributed by atoms with van der Waals surface area (Å²) >= 11 is 0. The minimum Gasteiger partial charge on any atom is -0.495 e. The highest BCUT2D eigenvalue weighted by atomic mass is 32.2. The number of para-hydroxylation sites is 2. The number of anilines is 2. The van der Waals surface area contributed by atoms with E-state index >= 15 is 0 Å². The Balaban J connectivity index is 2.12. The minimum atomic E-state index is -3.78. The number of carbonyl (C=O) groups excluding carboxylic acids is 2. The van der Waals surface area contributed by atoms with Crippen LogP contribution in [0, 0.1) is 0 Å². The maximum Gasteiger partial charge on any atom is 0.411 e.